The van der Waals surface area contributed by atoms with Crippen LogP contribution in [0.2, 0.25) is 0 Å². The average molecular weight is 269 g/mol. The molecule has 1 amide bonds. The lowest BCUT2D eigenvalue weighted by Gasteiger charge is -2.10. The third kappa shape index (κ3) is 3.15. The first kappa shape index (κ1) is 14.1. The van der Waals surface area contributed by atoms with E-state index in [1.54, 1.807) is 0 Å². The van der Waals surface area contributed by atoms with Gasteiger partial charge in [0.25, 0.3) is 5.91 Å². The predicted molar refractivity (Wildman–Crippen MR) is 82.4 cm³/mol. The second-order valence-electron chi connectivity index (χ2n) is 4.90. The number of aryl methyl sites for hydroxylation is 3. The summed E-state index contributed by atoms with van der Waals surface area (Å²) >= 11 is 0. The van der Waals surface area contributed by atoms with E-state index in [1.807, 2.05) is 58.2 Å². The molecule has 0 saturated heterocycles. The number of hydrogen-bond acceptors (Lipinski definition) is 3. The fourth-order valence-electron chi connectivity index (χ4n) is 2.16. The Balaban J connectivity index is 2.23. The van der Waals surface area contributed by atoms with Gasteiger partial charge < -0.3 is 10.6 Å². The van der Waals surface area contributed by atoms with Crippen LogP contribution in [0.15, 0.2) is 30.3 Å². The van der Waals surface area contributed by atoms with Crippen molar-refractivity contribution in [3.8, 4) is 0 Å². The van der Waals surface area contributed by atoms with Crippen molar-refractivity contribution in [1.29, 1.82) is 0 Å². The number of amides is 1. The minimum absolute atomic E-state index is 0.136. The summed E-state index contributed by atoms with van der Waals surface area (Å²) in [5.41, 5.74) is 4.55. The van der Waals surface area contributed by atoms with E-state index in [1.165, 1.54) is 0 Å². The van der Waals surface area contributed by atoms with Gasteiger partial charge in [-0.2, -0.15) is 0 Å². The van der Waals surface area contributed by atoms with E-state index in [-0.39, 0.29) is 5.91 Å². The first-order chi connectivity index (χ1) is 9.49. The molecule has 0 bridgehead atoms. The molecule has 2 aromatic rings. The zero-order valence-electron chi connectivity index (χ0n) is 12.2. The zero-order valence-corrected chi connectivity index (χ0v) is 12.2. The number of nitrogens with one attached hydrogen (secondary N) is 2. The van der Waals surface area contributed by atoms with Gasteiger partial charge in [-0.3, -0.25) is 4.79 Å². The number of hydrogen-bond donors (Lipinski definition) is 2. The monoisotopic (exact) mass is 269 g/mol. The lowest BCUT2D eigenvalue weighted by Crippen LogP contribution is -2.14. The second kappa shape index (κ2) is 5.74. The third-order valence-electron chi connectivity index (χ3n) is 3.10. The summed E-state index contributed by atoms with van der Waals surface area (Å²) in [6.07, 6.45) is 0. The van der Waals surface area contributed by atoms with E-state index in [0.717, 1.165) is 22.5 Å². The van der Waals surface area contributed by atoms with Crippen molar-refractivity contribution >= 4 is 17.4 Å². The second-order valence-corrected chi connectivity index (χ2v) is 4.90. The highest BCUT2D eigenvalue weighted by molar-refractivity contribution is 6.05. The molecule has 0 saturated carbocycles. The van der Waals surface area contributed by atoms with Gasteiger partial charge in [0, 0.05) is 24.0 Å². The van der Waals surface area contributed by atoms with Crippen molar-refractivity contribution in [3.63, 3.8) is 0 Å². The minimum atomic E-state index is -0.136. The summed E-state index contributed by atoms with van der Waals surface area (Å²) in [6.45, 7) is 5.82. The van der Waals surface area contributed by atoms with Crippen LogP contribution in [0.3, 0.4) is 0 Å². The van der Waals surface area contributed by atoms with Crippen LogP contribution in [-0.2, 0) is 0 Å². The molecule has 1 aromatic heterocycles. The lowest BCUT2D eigenvalue weighted by atomic mass is 10.1. The van der Waals surface area contributed by atoms with Crippen molar-refractivity contribution < 1.29 is 4.79 Å². The molecule has 104 valence electrons. The van der Waals surface area contributed by atoms with Gasteiger partial charge in [-0.1, -0.05) is 0 Å². The molecule has 0 atom stereocenters. The standard InChI is InChI=1S/C16H19N3O/c1-10-7-12(3)18-15(8-10)19-16(20)14-6-5-13(17-4)9-11(14)2/h5-9,17H,1-4H3,(H,18,19,20). The highest BCUT2D eigenvalue weighted by Gasteiger charge is 2.10. The van der Waals surface area contributed by atoms with E-state index >= 15 is 0 Å². The van der Waals surface area contributed by atoms with Crippen molar-refractivity contribution in [3.05, 3.63) is 52.7 Å². The Hall–Kier alpha value is -2.36. The van der Waals surface area contributed by atoms with Crippen LogP contribution in [0.1, 0.15) is 27.2 Å². The maximum absolute atomic E-state index is 12.3. The number of nitrogens with zero attached hydrogens (tertiary/aromatic N) is 1. The van der Waals surface area contributed by atoms with Crippen LogP contribution < -0.4 is 10.6 Å². The van der Waals surface area contributed by atoms with Crippen LogP contribution in [0.4, 0.5) is 11.5 Å². The SMILES string of the molecule is CNc1ccc(C(=O)Nc2cc(C)cc(C)n2)c(C)c1. The van der Waals surface area contributed by atoms with Gasteiger partial charge in [0.15, 0.2) is 0 Å². The molecule has 0 spiro atoms. The molecule has 0 aliphatic heterocycles. The Morgan fingerprint density at radius 2 is 1.85 bits per heavy atom. The molecular weight excluding hydrogens is 250 g/mol. The van der Waals surface area contributed by atoms with Crippen LogP contribution >= 0.6 is 0 Å². The molecule has 4 nitrogen and oxygen atoms in total. The molecule has 0 aliphatic carbocycles. The van der Waals surface area contributed by atoms with Crippen molar-refractivity contribution in [2.75, 3.05) is 17.7 Å². The number of aromatic nitrogens is 1. The number of anilines is 2. The number of pyridine rings is 1. The van der Waals surface area contributed by atoms with Gasteiger partial charge in [-0.15, -0.1) is 0 Å². The van der Waals surface area contributed by atoms with E-state index in [0.29, 0.717) is 11.4 Å². The maximum Gasteiger partial charge on any atom is 0.257 e. The fraction of sp³-hybridized carbons (Fsp3) is 0.250. The molecule has 1 aromatic carbocycles. The third-order valence-corrected chi connectivity index (χ3v) is 3.10. The number of benzene rings is 1. The molecule has 0 fully saturated rings. The van der Waals surface area contributed by atoms with Gasteiger partial charge >= 0.3 is 0 Å². The first-order valence-corrected chi connectivity index (χ1v) is 6.54. The topological polar surface area (TPSA) is 54.0 Å². The minimum Gasteiger partial charge on any atom is -0.388 e. The van der Waals surface area contributed by atoms with Crippen molar-refractivity contribution in [2.24, 2.45) is 0 Å². The van der Waals surface area contributed by atoms with Crippen LogP contribution in [0.5, 0.6) is 0 Å². The zero-order chi connectivity index (χ0) is 14.7. The first-order valence-electron chi connectivity index (χ1n) is 6.54. The molecule has 2 rings (SSSR count). The van der Waals surface area contributed by atoms with E-state index < -0.39 is 0 Å². The Kier molecular flexibility index (Phi) is 4.03. The van der Waals surface area contributed by atoms with E-state index in [4.69, 9.17) is 0 Å². The van der Waals surface area contributed by atoms with Gasteiger partial charge in [0.1, 0.15) is 5.82 Å². The number of carbonyl (C=O) groups is 1. The molecule has 20 heavy (non-hydrogen) atoms. The molecule has 1 heterocycles. The highest BCUT2D eigenvalue weighted by atomic mass is 16.1. The fourth-order valence-corrected chi connectivity index (χ4v) is 2.16. The quantitative estimate of drug-likeness (QED) is 0.899. The average Bonchev–Trinajstić information content (AvgIpc) is 2.36. The summed E-state index contributed by atoms with van der Waals surface area (Å²) in [4.78, 5) is 16.6. The van der Waals surface area contributed by atoms with Gasteiger partial charge in [-0.05, 0) is 62.2 Å². The van der Waals surface area contributed by atoms with E-state index in [2.05, 4.69) is 15.6 Å². The molecule has 0 unspecified atom stereocenters. The lowest BCUT2D eigenvalue weighted by molar-refractivity contribution is 0.102. The smallest absolute Gasteiger partial charge is 0.257 e. The summed E-state index contributed by atoms with van der Waals surface area (Å²) < 4.78 is 0. The molecule has 4 heteroatoms. The summed E-state index contributed by atoms with van der Waals surface area (Å²) in [5, 5.41) is 5.90. The van der Waals surface area contributed by atoms with Crippen LogP contribution in [0, 0.1) is 20.8 Å². The Morgan fingerprint density at radius 3 is 2.45 bits per heavy atom. The van der Waals surface area contributed by atoms with Crippen molar-refractivity contribution in [1.82, 2.24) is 4.98 Å². The van der Waals surface area contributed by atoms with Crippen molar-refractivity contribution in [2.45, 2.75) is 20.8 Å². The maximum atomic E-state index is 12.3. The van der Waals surface area contributed by atoms with Gasteiger partial charge in [0.05, 0.1) is 0 Å². The van der Waals surface area contributed by atoms with E-state index in [9.17, 15) is 4.79 Å². The Morgan fingerprint density at radius 1 is 1.10 bits per heavy atom. The normalized spacial score (nSPS) is 10.2. The van der Waals surface area contributed by atoms with Gasteiger partial charge in [0.2, 0.25) is 0 Å². The summed E-state index contributed by atoms with van der Waals surface area (Å²) in [6, 6.07) is 9.49. The summed E-state index contributed by atoms with van der Waals surface area (Å²) in [7, 11) is 1.86. The van der Waals surface area contributed by atoms with Gasteiger partial charge in [-0.25, -0.2) is 4.98 Å². The molecule has 2 N–H and O–H groups in total. The Labute approximate surface area is 119 Å². The van der Waals surface area contributed by atoms with Crippen LogP contribution in [-0.4, -0.2) is 17.9 Å². The largest absolute Gasteiger partial charge is 0.388 e. The predicted octanol–water partition coefficient (Wildman–Crippen LogP) is 3.30. The molecular formula is C16H19N3O. The highest BCUT2D eigenvalue weighted by Crippen LogP contribution is 2.17. The molecule has 0 aliphatic rings. The number of rotatable bonds is 3. The van der Waals surface area contributed by atoms with Crippen LogP contribution in [0.25, 0.3) is 0 Å². The molecule has 0 radical (unpaired) electrons. The summed E-state index contributed by atoms with van der Waals surface area (Å²) in [5.74, 6) is 0.451. The Bertz CT molecular complexity index is 630. The number of carbonyl (C=O) groups excluding carboxylic acids is 1.